The Morgan fingerprint density at radius 2 is 1.73 bits per heavy atom. The monoisotopic (exact) mass is 808 g/mol. The normalized spacial score (nSPS) is 14.2. The van der Waals surface area contributed by atoms with Gasteiger partial charge < -0.3 is 15.1 Å². The van der Waals surface area contributed by atoms with E-state index in [-0.39, 0.29) is 28.1 Å². The number of nitro groups is 1. The topological polar surface area (TPSA) is 137 Å². The van der Waals surface area contributed by atoms with Crippen LogP contribution in [-0.2, 0) is 16.6 Å². The Balaban J connectivity index is 1.03. The van der Waals surface area contributed by atoms with E-state index in [0.717, 1.165) is 62.3 Å². The van der Waals surface area contributed by atoms with Crippen LogP contribution in [0.3, 0.4) is 0 Å². The number of nitro benzene ring substituents is 1. The summed E-state index contributed by atoms with van der Waals surface area (Å²) in [5.41, 5.74) is 5.37. The minimum atomic E-state index is -4.25. The average molecular weight is 809 g/mol. The number of rotatable bonds is 16. The maximum absolute atomic E-state index is 13.7. The van der Waals surface area contributed by atoms with Crippen molar-refractivity contribution in [3.05, 3.63) is 130 Å². The molecule has 0 saturated carbocycles. The molecule has 15 heteroatoms. The number of benzene rings is 4. The lowest BCUT2D eigenvalue weighted by atomic mass is 10.0. The van der Waals surface area contributed by atoms with Crippen LogP contribution in [0.1, 0.15) is 12.0 Å². The van der Waals surface area contributed by atoms with E-state index in [4.69, 9.17) is 0 Å². The van der Waals surface area contributed by atoms with Crippen molar-refractivity contribution in [2.24, 2.45) is 0 Å². The van der Waals surface area contributed by atoms with Crippen LogP contribution >= 0.6 is 23.1 Å². The van der Waals surface area contributed by atoms with Gasteiger partial charge >= 0.3 is 0 Å². The molecule has 0 bridgehead atoms. The number of hydrogen-bond acceptors (Lipinski definition) is 12. The molecule has 0 aliphatic carbocycles. The summed E-state index contributed by atoms with van der Waals surface area (Å²) in [4.78, 5) is 28.2. The lowest BCUT2D eigenvalue weighted by Gasteiger charge is -2.36. The van der Waals surface area contributed by atoms with Crippen LogP contribution in [0, 0.1) is 10.1 Å². The molecule has 1 atom stereocenters. The molecule has 2 aromatic heterocycles. The van der Waals surface area contributed by atoms with Gasteiger partial charge in [0.15, 0.2) is 5.82 Å². The first-order valence-corrected chi connectivity index (χ1v) is 21.8. The lowest BCUT2D eigenvalue weighted by Crippen LogP contribution is -2.46. The third kappa shape index (κ3) is 9.65. The highest BCUT2D eigenvalue weighted by Gasteiger charge is 2.25. The zero-order valence-electron chi connectivity index (χ0n) is 31.2. The van der Waals surface area contributed by atoms with Crippen LogP contribution in [0.25, 0.3) is 22.0 Å². The van der Waals surface area contributed by atoms with Gasteiger partial charge in [-0.3, -0.25) is 19.7 Å². The number of sulfonamides is 1. The van der Waals surface area contributed by atoms with Gasteiger partial charge in [-0.25, -0.2) is 18.4 Å². The molecule has 3 heterocycles. The van der Waals surface area contributed by atoms with Gasteiger partial charge in [0.25, 0.3) is 15.7 Å². The highest BCUT2D eigenvalue weighted by Crippen LogP contribution is 2.33. The minimum Gasteiger partial charge on any atom is -0.376 e. The minimum absolute atomic E-state index is 0.0993. The molecule has 0 amide bonds. The van der Waals surface area contributed by atoms with Crippen molar-refractivity contribution in [3.63, 3.8) is 0 Å². The first-order valence-electron chi connectivity index (χ1n) is 18.4. The van der Waals surface area contributed by atoms with Crippen molar-refractivity contribution >= 4 is 66.9 Å². The van der Waals surface area contributed by atoms with Crippen molar-refractivity contribution in [2.75, 3.05) is 67.5 Å². The fourth-order valence-corrected chi connectivity index (χ4v) is 9.47. The molecule has 0 spiro atoms. The second-order valence-corrected chi connectivity index (χ2v) is 17.5. The summed E-state index contributed by atoms with van der Waals surface area (Å²) in [5.74, 6) is 0.767. The van der Waals surface area contributed by atoms with Crippen LogP contribution in [0.15, 0.2) is 124 Å². The highest BCUT2D eigenvalue weighted by atomic mass is 32.2. The van der Waals surface area contributed by atoms with E-state index in [1.165, 1.54) is 35.2 Å². The van der Waals surface area contributed by atoms with Gasteiger partial charge in [0.1, 0.15) is 12.0 Å². The fraction of sp³-hybridized carbons (Fsp3) is 0.268. The van der Waals surface area contributed by atoms with Gasteiger partial charge in [-0.2, -0.15) is 11.3 Å². The van der Waals surface area contributed by atoms with E-state index in [0.29, 0.717) is 16.7 Å². The second kappa shape index (κ2) is 17.8. The lowest BCUT2D eigenvalue weighted by molar-refractivity contribution is -0.384. The Kier molecular flexibility index (Phi) is 12.5. The third-order valence-corrected chi connectivity index (χ3v) is 13.0. The average Bonchev–Trinajstić information content (AvgIpc) is 3.75. The smallest absolute Gasteiger partial charge is 0.293 e. The Morgan fingerprint density at radius 3 is 2.48 bits per heavy atom. The van der Waals surface area contributed by atoms with E-state index >= 15 is 0 Å². The van der Waals surface area contributed by atoms with Crippen molar-refractivity contribution in [1.82, 2.24) is 19.8 Å². The first-order chi connectivity index (χ1) is 27.1. The molecule has 1 aliphatic heterocycles. The van der Waals surface area contributed by atoms with E-state index < -0.39 is 14.9 Å². The number of nitrogens with zero attached hydrogens (tertiary/aromatic N) is 6. The van der Waals surface area contributed by atoms with Crippen molar-refractivity contribution in [1.29, 1.82) is 0 Å². The zero-order chi connectivity index (χ0) is 39.1. The summed E-state index contributed by atoms with van der Waals surface area (Å²) < 4.78 is 30.0. The number of nitrogens with one attached hydrogen (secondary N) is 2. The maximum atomic E-state index is 13.7. The number of thioether (sulfide) groups is 1. The molecular weight excluding hydrogens is 765 g/mol. The van der Waals surface area contributed by atoms with Crippen LogP contribution in [0.5, 0.6) is 0 Å². The van der Waals surface area contributed by atoms with Gasteiger partial charge in [-0.1, -0.05) is 42.5 Å². The Bertz CT molecular complexity index is 2370. The molecule has 1 fully saturated rings. The zero-order valence-corrected chi connectivity index (χ0v) is 33.7. The number of aromatic nitrogens is 2. The summed E-state index contributed by atoms with van der Waals surface area (Å²) in [5, 5.41) is 20.4. The molecule has 4 aromatic carbocycles. The van der Waals surface area contributed by atoms with E-state index in [1.807, 2.05) is 62.6 Å². The largest absolute Gasteiger partial charge is 0.376 e. The predicted molar refractivity (Wildman–Crippen MR) is 228 cm³/mol. The summed E-state index contributed by atoms with van der Waals surface area (Å²) in [6, 6.07) is 30.3. The van der Waals surface area contributed by atoms with Crippen LogP contribution < -0.4 is 14.9 Å². The molecular formula is C41H44N8O4S3. The molecule has 1 unspecified atom stereocenters. The van der Waals surface area contributed by atoms with E-state index in [1.54, 1.807) is 23.1 Å². The first kappa shape index (κ1) is 39.2. The second-order valence-electron chi connectivity index (χ2n) is 14.0. The number of thiophene rings is 1. The van der Waals surface area contributed by atoms with Crippen molar-refractivity contribution in [2.45, 2.75) is 28.8 Å². The molecule has 2 N–H and O–H groups in total. The molecule has 12 nitrogen and oxygen atoms in total. The Morgan fingerprint density at radius 1 is 0.946 bits per heavy atom. The summed E-state index contributed by atoms with van der Waals surface area (Å²) in [7, 11) is -0.295. The highest BCUT2D eigenvalue weighted by molar-refractivity contribution is 7.99. The Labute approximate surface area is 335 Å². The number of fused-ring (bicyclic) bond motifs is 1. The van der Waals surface area contributed by atoms with E-state index in [2.05, 4.69) is 75.8 Å². The van der Waals surface area contributed by atoms with Gasteiger partial charge in [-0.15, -0.1) is 11.8 Å². The molecule has 290 valence electrons. The van der Waals surface area contributed by atoms with Gasteiger partial charge in [0.2, 0.25) is 0 Å². The fourth-order valence-electron chi connectivity index (χ4n) is 6.77. The molecule has 1 aliphatic rings. The molecule has 0 radical (unpaired) electrons. The number of hydrogen-bond donors (Lipinski definition) is 2. The number of anilines is 3. The van der Waals surface area contributed by atoms with Crippen LogP contribution in [0.4, 0.5) is 22.9 Å². The predicted octanol–water partition coefficient (Wildman–Crippen LogP) is 7.91. The van der Waals surface area contributed by atoms with E-state index in [9.17, 15) is 18.5 Å². The standard InChI is InChI=1S/C41H44N8O4S3/c1-46(2)18-16-32(28-55-34-9-4-3-5-10-34)44-38-15-13-35(25-40(38)49(50)51)56(52,53)45-41-37-14-12-33(24-39(37)42-29-43-41)48-21-19-47(20-22-48)26-30-8-6-7-11-36(30)31-17-23-54-27-31/h3-15,17,23-25,27,29,32,44H,16,18-22,26,28H2,1-2H3,(H,42,43,45). The van der Waals surface area contributed by atoms with Gasteiger partial charge in [-0.05, 0) is 103 Å². The molecule has 6 aromatic rings. The van der Waals surface area contributed by atoms with Crippen LogP contribution in [0.2, 0.25) is 0 Å². The third-order valence-electron chi connectivity index (χ3n) is 9.79. The van der Waals surface area contributed by atoms with Crippen molar-refractivity contribution < 1.29 is 13.3 Å². The van der Waals surface area contributed by atoms with Crippen molar-refractivity contribution in [3.8, 4) is 11.1 Å². The molecule has 56 heavy (non-hydrogen) atoms. The SMILES string of the molecule is CN(C)CCC(CSc1ccccc1)Nc1ccc(S(=O)(=O)Nc2ncnc3cc(N4CCN(Cc5ccccc5-c5ccsc5)CC4)ccc23)cc1[N+](=O)[O-]. The number of piperazine rings is 1. The summed E-state index contributed by atoms with van der Waals surface area (Å²) in [6.07, 6.45) is 2.05. The van der Waals surface area contributed by atoms with Gasteiger partial charge in [0.05, 0.1) is 15.3 Å². The quantitative estimate of drug-likeness (QED) is 0.0561. The molecule has 1 saturated heterocycles. The summed E-state index contributed by atoms with van der Waals surface area (Å²) in [6.45, 7) is 5.12. The molecule has 7 rings (SSSR count). The Hall–Kier alpha value is -5.06. The summed E-state index contributed by atoms with van der Waals surface area (Å²) >= 11 is 3.37. The van der Waals surface area contributed by atoms with Crippen LogP contribution in [-0.4, -0.2) is 91.7 Å². The van der Waals surface area contributed by atoms with Gasteiger partial charge in [0, 0.05) is 66.6 Å². The maximum Gasteiger partial charge on any atom is 0.293 e.